The van der Waals surface area contributed by atoms with Crippen molar-refractivity contribution in [1.29, 1.82) is 0 Å². The second-order valence-electron chi connectivity index (χ2n) is 5.84. The van der Waals surface area contributed by atoms with E-state index >= 15 is 0 Å². The number of aromatic nitrogens is 4. The van der Waals surface area contributed by atoms with Gasteiger partial charge in [0, 0.05) is 6.42 Å². The Hall–Kier alpha value is -3.16. The molecule has 8 nitrogen and oxygen atoms in total. The van der Waals surface area contributed by atoms with Crippen LogP contribution in [0.5, 0.6) is 5.75 Å². The Morgan fingerprint density at radius 1 is 1.22 bits per heavy atom. The highest BCUT2D eigenvalue weighted by Crippen LogP contribution is 2.22. The summed E-state index contributed by atoms with van der Waals surface area (Å²) in [6.07, 6.45) is 4.45. The lowest BCUT2D eigenvalue weighted by Gasteiger charge is -2.02. The van der Waals surface area contributed by atoms with E-state index in [2.05, 4.69) is 22.2 Å². The van der Waals surface area contributed by atoms with Gasteiger partial charge in [0.1, 0.15) is 0 Å². The van der Waals surface area contributed by atoms with Crippen molar-refractivity contribution in [3.8, 4) is 11.4 Å². The summed E-state index contributed by atoms with van der Waals surface area (Å²) in [5, 5.41) is 8.23. The van der Waals surface area contributed by atoms with Crippen molar-refractivity contribution < 1.29 is 18.8 Å². The number of esters is 1. The van der Waals surface area contributed by atoms with Crippen molar-refractivity contribution in [2.45, 2.75) is 39.7 Å². The summed E-state index contributed by atoms with van der Waals surface area (Å²) < 4.78 is 17.6. The van der Waals surface area contributed by atoms with Crippen molar-refractivity contribution in [2.75, 3.05) is 6.61 Å². The van der Waals surface area contributed by atoms with Crippen molar-refractivity contribution in [1.82, 2.24) is 19.9 Å². The number of nitrogens with zero attached hydrogens (tertiary/aromatic N) is 4. The molecule has 0 unspecified atom stereocenters. The van der Waals surface area contributed by atoms with Crippen LogP contribution in [0.1, 0.15) is 48.9 Å². The molecule has 2 aromatic heterocycles. The van der Waals surface area contributed by atoms with Crippen molar-refractivity contribution in [3.63, 3.8) is 0 Å². The number of carbonyl (C=O) groups is 1. The fraction of sp³-hybridized carbons (Fsp3) is 0.368. The van der Waals surface area contributed by atoms with Gasteiger partial charge in [0.25, 0.3) is 5.89 Å². The molecule has 0 atom stereocenters. The van der Waals surface area contributed by atoms with Gasteiger partial charge in [0.15, 0.2) is 18.2 Å². The number of benzene rings is 1. The molecule has 0 aliphatic rings. The van der Waals surface area contributed by atoms with Gasteiger partial charge in [-0.15, -0.1) is 0 Å². The molecule has 0 saturated heterocycles. The van der Waals surface area contributed by atoms with Gasteiger partial charge in [-0.25, -0.2) is 9.48 Å². The van der Waals surface area contributed by atoms with E-state index in [1.54, 1.807) is 17.8 Å². The number of hydrogen-bond acceptors (Lipinski definition) is 7. The van der Waals surface area contributed by atoms with Crippen LogP contribution in [0.15, 0.2) is 41.1 Å². The van der Waals surface area contributed by atoms with Gasteiger partial charge in [0.2, 0.25) is 5.69 Å². The maximum atomic E-state index is 12.2. The van der Waals surface area contributed by atoms with Gasteiger partial charge in [-0.3, -0.25) is 0 Å². The van der Waals surface area contributed by atoms with Crippen LogP contribution >= 0.6 is 0 Å². The number of carbonyl (C=O) groups excluding carboxylic acids is 1. The van der Waals surface area contributed by atoms with Crippen molar-refractivity contribution >= 4 is 5.97 Å². The molecule has 0 aliphatic heterocycles. The summed E-state index contributed by atoms with van der Waals surface area (Å²) >= 11 is 0. The van der Waals surface area contributed by atoms with E-state index < -0.39 is 5.97 Å². The summed E-state index contributed by atoms with van der Waals surface area (Å²) in [4.78, 5) is 16.5. The predicted molar refractivity (Wildman–Crippen MR) is 96.8 cm³/mol. The molecule has 1 aromatic carbocycles. The minimum atomic E-state index is -0.545. The zero-order valence-corrected chi connectivity index (χ0v) is 15.4. The van der Waals surface area contributed by atoms with Crippen LogP contribution in [0.25, 0.3) is 5.69 Å². The maximum Gasteiger partial charge on any atom is 0.362 e. The molecule has 0 radical (unpaired) electrons. The van der Waals surface area contributed by atoms with Crippen LogP contribution in [0.3, 0.4) is 0 Å². The van der Waals surface area contributed by atoms with Gasteiger partial charge in [-0.05, 0) is 25.5 Å². The van der Waals surface area contributed by atoms with Gasteiger partial charge in [-0.2, -0.15) is 10.1 Å². The van der Waals surface area contributed by atoms with E-state index in [9.17, 15) is 4.79 Å². The summed E-state index contributed by atoms with van der Waals surface area (Å²) in [6.45, 7) is 4.14. The van der Waals surface area contributed by atoms with Crippen LogP contribution in [0.2, 0.25) is 0 Å². The van der Waals surface area contributed by atoms with E-state index in [-0.39, 0.29) is 18.9 Å². The molecule has 0 saturated carbocycles. The van der Waals surface area contributed by atoms with Gasteiger partial charge >= 0.3 is 5.97 Å². The quantitative estimate of drug-likeness (QED) is 0.533. The minimum Gasteiger partial charge on any atom is -0.479 e. The molecule has 3 aromatic rings. The largest absolute Gasteiger partial charge is 0.479 e. The first-order valence-electron chi connectivity index (χ1n) is 8.97. The van der Waals surface area contributed by atoms with Crippen LogP contribution in [0, 0.1) is 0 Å². The fourth-order valence-corrected chi connectivity index (χ4v) is 2.44. The number of unbranched alkanes of at least 4 members (excludes halogenated alkanes) is 1. The van der Waals surface area contributed by atoms with Crippen molar-refractivity contribution in [2.24, 2.45) is 0 Å². The molecule has 0 aliphatic carbocycles. The third kappa shape index (κ3) is 4.72. The first-order chi connectivity index (χ1) is 13.2. The van der Waals surface area contributed by atoms with Gasteiger partial charge < -0.3 is 14.0 Å². The van der Waals surface area contributed by atoms with E-state index in [4.69, 9.17) is 14.0 Å². The smallest absolute Gasteiger partial charge is 0.362 e. The van der Waals surface area contributed by atoms with E-state index in [0.717, 1.165) is 24.9 Å². The molecule has 0 N–H and O–H groups in total. The molecule has 3 rings (SSSR count). The lowest BCUT2D eigenvalue weighted by atomic mass is 10.2. The van der Waals surface area contributed by atoms with E-state index in [1.807, 2.05) is 30.3 Å². The summed E-state index contributed by atoms with van der Waals surface area (Å²) in [6, 6.07) is 9.44. The lowest BCUT2D eigenvalue weighted by molar-refractivity contribution is 0.0513. The first-order valence-corrected chi connectivity index (χ1v) is 8.97. The Kier molecular flexibility index (Phi) is 6.19. The highest BCUT2D eigenvalue weighted by molar-refractivity contribution is 5.90. The average molecular weight is 370 g/mol. The minimum absolute atomic E-state index is 0.0476. The third-order valence-corrected chi connectivity index (χ3v) is 3.79. The molecule has 0 amide bonds. The molecular formula is C19H22N4O4. The number of rotatable bonds is 9. The number of hydrogen-bond donors (Lipinski definition) is 0. The Balaban J connectivity index is 1.77. The Labute approximate surface area is 157 Å². The highest BCUT2D eigenvalue weighted by Gasteiger charge is 2.21. The number of para-hydroxylation sites is 1. The molecule has 2 heterocycles. The normalized spacial score (nSPS) is 10.7. The molecule has 27 heavy (non-hydrogen) atoms. The lowest BCUT2D eigenvalue weighted by Crippen LogP contribution is -2.08. The third-order valence-electron chi connectivity index (χ3n) is 3.79. The molecule has 0 spiro atoms. The monoisotopic (exact) mass is 370 g/mol. The SMILES string of the molecule is CCCCc1noc(COc2cn(-c3ccccc3)nc2C(=O)OCC)n1. The highest BCUT2D eigenvalue weighted by atomic mass is 16.5. The zero-order valence-electron chi connectivity index (χ0n) is 15.4. The average Bonchev–Trinajstić information content (AvgIpc) is 3.32. The van der Waals surface area contributed by atoms with Crippen LogP contribution < -0.4 is 4.74 Å². The molecule has 0 fully saturated rings. The summed E-state index contributed by atoms with van der Waals surface area (Å²) in [5.41, 5.74) is 0.906. The molecule has 142 valence electrons. The molecule has 0 bridgehead atoms. The summed E-state index contributed by atoms with van der Waals surface area (Å²) in [7, 11) is 0. The second-order valence-corrected chi connectivity index (χ2v) is 5.84. The Bertz CT molecular complexity index is 873. The van der Waals surface area contributed by atoms with Gasteiger partial charge in [0.05, 0.1) is 18.5 Å². The fourth-order valence-electron chi connectivity index (χ4n) is 2.44. The Morgan fingerprint density at radius 3 is 2.78 bits per heavy atom. The van der Waals surface area contributed by atoms with Gasteiger partial charge in [-0.1, -0.05) is 36.7 Å². The summed E-state index contributed by atoms with van der Waals surface area (Å²) in [5.74, 6) is 0.756. The first kappa shape index (κ1) is 18.6. The Morgan fingerprint density at radius 2 is 2.04 bits per heavy atom. The standard InChI is InChI=1S/C19H22N4O4/c1-3-5-11-16-20-17(27-22-16)13-26-15-12-23(14-9-7-6-8-10-14)21-18(15)19(24)25-4-2/h6-10,12H,3-5,11,13H2,1-2H3. The molecule has 8 heteroatoms. The van der Waals surface area contributed by atoms with Crippen molar-refractivity contribution in [3.05, 3.63) is 53.9 Å². The second kappa shape index (κ2) is 8.98. The topological polar surface area (TPSA) is 92.3 Å². The van der Waals surface area contributed by atoms with Crippen LogP contribution in [0.4, 0.5) is 0 Å². The molecular weight excluding hydrogens is 348 g/mol. The zero-order chi connectivity index (χ0) is 19.1. The number of ether oxygens (including phenoxy) is 2. The number of aryl methyl sites for hydroxylation is 1. The van der Waals surface area contributed by atoms with Crippen LogP contribution in [-0.4, -0.2) is 32.5 Å². The van der Waals surface area contributed by atoms with E-state index in [1.165, 1.54) is 0 Å². The maximum absolute atomic E-state index is 12.2. The van der Waals surface area contributed by atoms with E-state index in [0.29, 0.717) is 17.5 Å². The predicted octanol–water partition coefficient (Wildman–Crippen LogP) is 3.35. The van der Waals surface area contributed by atoms with Crippen LogP contribution in [-0.2, 0) is 17.8 Å².